The number of hydrogen-bond donors (Lipinski definition) is 1. The molecule has 0 aliphatic carbocycles. The fourth-order valence-corrected chi connectivity index (χ4v) is 2.34. The van der Waals surface area contributed by atoms with Crippen LogP contribution < -0.4 is 0 Å². The van der Waals surface area contributed by atoms with E-state index in [0.717, 1.165) is 38.2 Å². The molecule has 4 heteroatoms. The molecule has 0 amide bonds. The Balaban J connectivity index is 1.96. The zero-order valence-electron chi connectivity index (χ0n) is 8.78. The third-order valence-electron chi connectivity index (χ3n) is 2.19. The number of aliphatic hydroxyl groups excluding tert-OH is 1. The van der Waals surface area contributed by atoms with Gasteiger partial charge in [0, 0.05) is 18.3 Å². The van der Waals surface area contributed by atoms with Gasteiger partial charge in [-0.1, -0.05) is 6.92 Å². The smallest absolute Gasteiger partial charge is 0.158 e. The molecule has 1 rings (SSSR count). The lowest BCUT2D eigenvalue weighted by molar-refractivity contribution is -0.178. The van der Waals surface area contributed by atoms with E-state index in [9.17, 15) is 0 Å². The highest BCUT2D eigenvalue weighted by molar-refractivity contribution is 7.99. The number of aliphatic hydroxyl groups is 1. The second-order valence-electron chi connectivity index (χ2n) is 3.51. The summed E-state index contributed by atoms with van der Waals surface area (Å²) in [6, 6.07) is 0. The van der Waals surface area contributed by atoms with E-state index in [0.29, 0.717) is 5.25 Å². The lowest BCUT2D eigenvalue weighted by Gasteiger charge is -2.23. The summed E-state index contributed by atoms with van der Waals surface area (Å²) in [4.78, 5) is 0. The van der Waals surface area contributed by atoms with E-state index >= 15 is 0 Å². The molecule has 0 radical (unpaired) electrons. The Morgan fingerprint density at radius 1 is 1.43 bits per heavy atom. The van der Waals surface area contributed by atoms with Gasteiger partial charge in [0.2, 0.25) is 0 Å². The largest absolute Gasteiger partial charge is 0.396 e. The third kappa shape index (κ3) is 5.20. The minimum Gasteiger partial charge on any atom is -0.396 e. The zero-order chi connectivity index (χ0) is 10.2. The number of thioether (sulfide) groups is 1. The first-order chi connectivity index (χ1) is 6.83. The normalized spacial score (nSPS) is 21.0. The molecular formula is C10H20O3S. The predicted molar refractivity (Wildman–Crippen MR) is 58.5 cm³/mol. The predicted octanol–water partition coefficient (Wildman–Crippen LogP) is 1.64. The van der Waals surface area contributed by atoms with Gasteiger partial charge in [-0.05, 0) is 18.6 Å². The van der Waals surface area contributed by atoms with Crippen LogP contribution in [0.2, 0.25) is 0 Å². The molecule has 1 heterocycles. The average molecular weight is 220 g/mol. The summed E-state index contributed by atoms with van der Waals surface area (Å²) in [5, 5.41) is 9.25. The molecule has 1 aliphatic rings. The Morgan fingerprint density at radius 3 is 2.79 bits per heavy atom. The minimum absolute atomic E-state index is 0.0116. The van der Waals surface area contributed by atoms with Crippen LogP contribution in [0.15, 0.2) is 0 Å². The van der Waals surface area contributed by atoms with Crippen molar-refractivity contribution in [3.05, 3.63) is 0 Å². The first-order valence-corrected chi connectivity index (χ1v) is 6.33. The van der Waals surface area contributed by atoms with Crippen molar-refractivity contribution >= 4 is 11.8 Å². The van der Waals surface area contributed by atoms with Crippen LogP contribution in [-0.2, 0) is 9.47 Å². The maximum absolute atomic E-state index is 8.72. The quantitative estimate of drug-likeness (QED) is 0.738. The van der Waals surface area contributed by atoms with Gasteiger partial charge in [-0.2, -0.15) is 11.8 Å². The van der Waals surface area contributed by atoms with Gasteiger partial charge in [0.15, 0.2) is 6.29 Å². The SMILES string of the molecule is CC(CCO)SCCC1OCCCO1. The van der Waals surface area contributed by atoms with Gasteiger partial charge >= 0.3 is 0 Å². The molecule has 0 spiro atoms. The molecule has 1 atom stereocenters. The monoisotopic (exact) mass is 220 g/mol. The van der Waals surface area contributed by atoms with Crippen LogP contribution in [-0.4, -0.2) is 42.2 Å². The second kappa shape index (κ2) is 7.51. The van der Waals surface area contributed by atoms with Crippen LogP contribution in [0.4, 0.5) is 0 Å². The van der Waals surface area contributed by atoms with Crippen molar-refractivity contribution < 1.29 is 14.6 Å². The molecule has 3 nitrogen and oxygen atoms in total. The summed E-state index contributed by atoms with van der Waals surface area (Å²) >= 11 is 1.87. The summed E-state index contributed by atoms with van der Waals surface area (Å²) < 4.78 is 10.9. The molecule has 0 aromatic heterocycles. The van der Waals surface area contributed by atoms with Crippen molar-refractivity contribution in [3.63, 3.8) is 0 Å². The molecule has 1 N–H and O–H groups in total. The molecule has 0 bridgehead atoms. The molecule has 14 heavy (non-hydrogen) atoms. The minimum atomic E-state index is 0.0116. The molecule has 1 fully saturated rings. The van der Waals surface area contributed by atoms with Gasteiger partial charge in [-0.15, -0.1) is 0 Å². The summed E-state index contributed by atoms with van der Waals surface area (Å²) in [5.74, 6) is 1.05. The van der Waals surface area contributed by atoms with Gasteiger partial charge in [0.25, 0.3) is 0 Å². The highest BCUT2D eigenvalue weighted by atomic mass is 32.2. The van der Waals surface area contributed by atoms with Crippen molar-refractivity contribution in [2.24, 2.45) is 0 Å². The number of ether oxygens (including phenoxy) is 2. The van der Waals surface area contributed by atoms with Crippen LogP contribution in [0.1, 0.15) is 26.2 Å². The van der Waals surface area contributed by atoms with E-state index in [1.165, 1.54) is 0 Å². The first kappa shape index (κ1) is 12.3. The van der Waals surface area contributed by atoms with Crippen LogP contribution in [0.3, 0.4) is 0 Å². The number of rotatable bonds is 6. The maximum Gasteiger partial charge on any atom is 0.158 e. The summed E-state index contributed by atoms with van der Waals surface area (Å²) in [5.41, 5.74) is 0. The Kier molecular flexibility index (Phi) is 6.60. The lowest BCUT2D eigenvalue weighted by Crippen LogP contribution is -2.25. The molecule has 1 unspecified atom stereocenters. The molecule has 0 aromatic rings. The maximum atomic E-state index is 8.72. The Hall–Kier alpha value is 0.230. The van der Waals surface area contributed by atoms with Gasteiger partial charge < -0.3 is 14.6 Å². The van der Waals surface area contributed by atoms with Crippen LogP contribution in [0, 0.1) is 0 Å². The molecule has 1 saturated heterocycles. The van der Waals surface area contributed by atoms with Gasteiger partial charge in [-0.3, -0.25) is 0 Å². The first-order valence-electron chi connectivity index (χ1n) is 5.28. The third-order valence-corrected chi connectivity index (χ3v) is 3.46. The highest BCUT2D eigenvalue weighted by Crippen LogP contribution is 2.18. The van der Waals surface area contributed by atoms with E-state index in [4.69, 9.17) is 14.6 Å². The van der Waals surface area contributed by atoms with Gasteiger partial charge in [-0.25, -0.2) is 0 Å². The van der Waals surface area contributed by atoms with E-state index in [1.54, 1.807) is 0 Å². The number of hydrogen-bond acceptors (Lipinski definition) is 4. The molecule has 0 saturated carbocycles. The Bertz CT molecular complexity index is 137. The van der Waals surface area contributed by atoms with Crippen LogP contribution in [0.25, 0.3) is 0 Å². The van der Waals surface area contributed by atoms with Crippen LogP contribution >= 0.6 is 11.8 Å². The average Bonchev–Trinajstić information content (AvgIpc) is 2.20. The second-order valence-corrected chi connectivity index (χ2v) is 5.05. The summed E-state index contributed by atoms with van der Waals surface area (Å²) in [7, 11) is 0. The van der Waals surface area contributed by atoms with Crippen molar-refractivity contribution in [1.82, 2.24) is 0 Å². The van der Waals surface area contributed by atoms with E-state index in [-0.39, 0.29) is 12.9 Å². The van der Waals surface area contributed by atoms with E-state index in [2.05, 4.69) is 6.92 Å². The fraction of sp³-hybridized carbons (Fsp3) is 1.00. The van der Waals surface area contributed by atoms with Gasteiger partial charge in [0.05, 0.1) is 13.2 Å². The highest BCUT2D eigenvalue weighted by Gasteiger charge is 2.14. The van der Waals surface area contributed by atoms with Crippen molar-refractivity contribution in [2.75, 3.05) is 25.6 Å². The summed E-state index contributed by atoms with van der Waals surface area (Å²) in [6.45, 7) is 4.09. The van der Waals surface area contributed by atoms with E-state index < -0.39 is 0 Å². The molecule has 0 aromatic carbocycles. The van der Waals surface area contributed by atoms with Crippen molar-refractivity contribution in [3.8, 4) is 0 Å². The Labute approximate surface area is 90.2 Å². The molecular weight excluding hydrogens is 200 g/mol. The molecule has 84 valence electrons. The van der Waals surface area contributed by atoms with Crippen molar-refractivity contribution in [2.45, 2.75) is 37.7 Å². The lowest BCUT2D eigenvalue weighted by atomic mass is 10.3. The van der Waals surface area contributed by atoms with E-state index in [1.807, 2.05) is 11.8 Å². The molecule has 1 aliphatic heterocycles. The summed E-state index contributed by atoms with van der Waals surface area (Å²) in [6.07, 6.45) is 2.86. The van der Waals surface area contributed by atoms with Crippen LogP contribution in [0.5, 0.6) is 0 Å². The fourth-order valence-electron chi connectivity index (χ4n) is 1.33. The topological polar surface area (TPSA) is 38.7 Å². The van der Waals surface area contributed by atoms with Crippen molar-refractivity contribution in [1.29, 1.82) is 0 Å². The van der Waals surface area contributed by atoms with Gasteiger partial charge in [0.1, 0.15) is 0 Å². The standard InChI is InChI=1S/C10H20O3S/c1-9(3-5-11)14-8-4-10-12-6-2-7-13-10/h9-11H,2-8H2,1H3. The Morgan fingerprint density at radius 2 is 2.14 bits per heavy atom. The zero-order valence-corrected chi connectivity index (χ0v) is 9.59.